The first-order valence-corrected chi connectivity index (χ1v) is 6.35. The molecule has 90 valence electrons. The minimum atomic E-state index is -0.421. The van der Waals surface area contributed by atoms with Gasteiger partial charge in [-0.1, -0.05) is 18.6 Å². The second kappa shape index (κ2) is 3.21. The number of esters is 1. The van der Waals surface area contributed by atoms with Gasteiger partial charge in [0.15, 0.2) is 5.60 Å². The molecule has 3 atom stereocenters. The van der Waals surface area contributed by atoms with E-state index >= 15 is 0 Å². The highest BCUT2D eigenvalue weighted by atomic mass is 16.7. The minimum absolute atomic E-state index is 0.0930. The average molecular weight is 233 g/mol. The number of fused-ring (bicyclic) bond motifs is 1. The van der Waals surface area contributed by atoms with E-state index in [1.165, 1.54) is 6.42 Å². The Hall–Kier alpha value is -1.13. The van der Waals surface area contributed by atoms with E-state index in [9.17, 15) is 4.79 Å². The summed E-state index contributed by atoms with van der Waals surface area (Å²) in [4.78, 5) is 17.6. The smallest absolute Gasteiger partial charge is 0.331 e. The van der Waals surface area contributed by atoms with E-state index in [2.05, 4.69) is 6.08 Å². The van der Waals surface area contributed by atoms with Gasteiger partial charge < -0.3 is 4.74 Å². The summed E-state index contributed by atoms with van der Waals surface area (Å²) in [6, 6.07) is 0.204. The summed E-state index contributed by atoms with van der Waals surface area (Å²) >= 11 is 0. The van der Waals surface area contributed by atoms with Crippen molar-refractivity contribution in [3.05, 3.63) is 23.8 Å². The molecule has 4 aliphatic rings. The van der Waals surface area contributed by atoms with Crippen molar-refractivity contribution in [2.75, 3.05) is 6.54 Å². The largest absolute Gasteiger partial charge is 0.449 e. The maximum Gasteiger partial charge on any atom is 0.331 e. The van der Waals surface area contributed by atoms with Crippen LogP contribution in [0.15, 0.2) is 23.8 Å². The predicted octanol–water partition coefficient (Wildman–Crippen LogP) is 1.34. The maximum absolute atomic E-state index is 11.6. The van der Waals surface area contributed by atoms with Crippen LogP contribution in [0, 0.1) is 0 Å². The molecule has 0 N–H and O–H groups in total. The number of rotatable bonds is 0. The summed E-state index contributed by atoms with van der Waals surface area (Å²) in [5.74, 6) is -0.204. The highest BCUT2D eigenvalue weighted by Crippen LogP contribution is 2.49. The first-order chi connectivity index (χ1) is 8.29. The molecule has 0 aromatic rings. The molecule has 2 fully saturated rings. The van der Waals surface area contributed by atoms with E-state index in [0.717, 1.165) is 31.4 Å². The number of hydrogen-bond donors (Lipinski definition) is 0. The number of nitrogens with zero attached hydrogens (tertiary/aromatic N) is 1. The van der Waals surface area contributed by atoms with Crippen molar-refractivity contribution in [1.29, 1.82) is 0 Å². The van der Waals surface area contributed by atoms with Gasteiger partial charge in [0, 0.05) is 24.6 Å². The zero-order chi connectivity index (χ0) is 11.5. The van der Waals surface area contributed by atoms with E-state index < -0.39 is 5.60 Å². The van der Waals surface area contributed by atoms with Gasteiger partial charge in [-0.05, 0) is 12.8 Å². The number of ether oxygens (including phenoxy) is 1. The lowest BCUT2D eigenvalue weighted by atomic mass is 9.74. The Kier molecular flexibility index (Phi) is 1.86. The lowest BCUT2D eigenvalue weighted by Gasteiger charge is -2.52. The van der Waals surface area contributed by atoms with Crippen molar-refractivity contribution in [3.8, 4) is 0 Å². The molecule has 0 saturated carbocycles. The zero-order valence-electron chi connectivity index (χ0n) is 9.59. The van der Waals surface area contributed by atoms with E-state index in [4.69, 9.17) is 9.57 Å². The van der Waals surface area contributed by atoms with E-state index in [1.807, 2.05) is 11.1 Å². The van der Waals surface area contributed by atoms with Crippen LogP contribution in [0.1, 0.15) is 25.7 Å². The molecule has 3 heterocycles. The molecule has 4 rings (SSSR count). The summed E-state index contributed by atoms with van der Waals surface area (Å²) < 4.78 is 5.69. The first kappa shape index (κ1) is 9.85. The fourth-order valence-corrected chi connectivity index (χ4v) is 3.60. The highest BCUT2D eigenvalue weighted by Gasteiger charge is 2.58. The topological polar surface area (TPSA) is 38.8 Å². The number of hydroxylamine groups is 2. The molecule has 4 heteroatoms. The van der Waals surface area contributed by atoms with Crippen LogP contribution in [0.3, 0.4) is 0 Å². The Morgan fingerprint density at radius 1 is 1.41 bits per heavy atom. The maximum atomic E-state index is 11.6. The number of carbonyl (C=O) groups excluding carboxylic acids is 1. The fourth-order valence-electron chi connectivity index (χ4n) is 3.60. The molecular formula is C13H15NO3. The molecule has 4 nitrogen and oxygen atoms in total. The van der Waals surface area contributed by atoms with Gasteiger partial charge in [-0.2, -0.15) is 5.06 Å². The number of piperidine rings is 1. The van der Waals surface area contributed by atoms with Crippen molar-refractivity contribution in [1.82, 2.24) is 5.06 Å². The molecule has 1 aliphatic carbocycles. The fraction of sp³-hybridized carbons (Fsp3) is 0.615. The van der Waals surface area contributed by atoms with Gasteiger partial charge in [-0.15, -0.1) is 0 Å². The highest BCUT2D eigenvalue weighted by molar-refractivity contribution is 5.87. The van der Waals surface area contributed by atoms with Crippen LogP contribution < -0.4 is 0 Å². The molecule has 17 heavy (non-hydrogen) atoms. The van der Waals surface area contributed by atoms with Crippen molar-refractivity contribution < 1.29 is 14.4 Å². The van der Waals surface area contributed by atoms with E-state index in [1.54, 1.807) is 6.08 Å². The lowest BCUT2D eigenvalue weighted by Crippen LogP contribution is -2.63. The standard InChI is InChI=1S/C13H15NO3/c15-12-8-9-10-4-3-6-13(9,16-12)11-5-1-2-7-14(11)17-10/h3-4,8,10-11H,1-2,5-7H2/t10?,11-,13?/m1/s1. The van der Waals surface area contributed by atoms with Crippen LogP contribution in [0.2, 0.25) is 0 Å². The predicted molar refractivity (Wildman–Crippen MR) is 59.9 cm³/mol. The molecule has 0 aromatic heterocycles. The van der Waals surface area contributed by atoms with Gasteiger partial charge in [-0.3, -0.25) is 4.84 Å². The second-order valence-electron chi connectivity index (χ2n) is 5.22. The molecule has 2 unspecified atom stereocenters. The summed E-state index contributed by atoms with van der Waals surface area (Å²) in [6.45, 7) is 0.946. The normalized spacial score (nSPS) is 43.8. The summed E-state index contributed by atoms with van der Waals surface area (Å²) in [6.07, 6.45) is 9.87. The zero-order valence-corrected chi connectivity index (χ0v) is 9.59. The Bertz CT molecular complexity index is 442. The third-order valence-corrected chi connectivity index (χ3v) is 4.32. The Labute approximate surface area is 99.8 Å². The van der Waals surface area contributed by atoms with Crippen molar-refractivity contribution in [2.45, 2.75) is 43.4 Å². The van der Waals surface area contributed by atoms with E-state index in [-0.39, 0.29) is 18.1 Å². The Balaban J connectivity index is 1.83. The summed E-state index contributed by atoms with van der Waals surface area (Å²) in [7, 11) is 0. The quantitative estimate of drug-likeness (QED) is 0.467. The van der Waals surface area contributed by atoms with Gasteiger partial charge in [0.05, 0.1) is 6.04 Å². The first-order valence-electron chi connectivity index (χ1n) is 6.35. The average Bonchev–Trinajstić information content (AvgIpc) is 2.67. The molecule has 2 bridgehead atoms. The molecule has 3 aliphatic heterocycles. The minimum Gasteiger partial charge on any atom is -0.449 e. The molecule has 0 spiro atoms. The van der Waals surface area contributed by atoms with Crippen LogP contribution in [0.25, 0.3) is 0 Å². The van der Waals surface area contributed by atoms with Crippen LogP contribution >= 0.6 is 0 Å². The summed E-state index contributed by atoms with van der Waals surface area (Å²) in [5.41, 5.74) is 0.614. The van der Waals surface area contributed by atoms with Crippen molar-refractivity contribution in [3.63, 3.8) is 0 Å². The van der Waals surface area contributed by atoms with Gasteiger partial charge in [0.2, 0.25) is 0 Å². The van der Waals surface area contributed by atoms with E-state index in [0.29, 0.717) is 0 Å². The SMILES string of the molecule is O=C1C=C2C3C=CCC2(O1)[C@H]1CCCCN1O3. The van der Waals surface area contributed by atoms with Gasteiger partial charge in [-0.25, -0.2) is 4.79 Å². The molecule has 2 saturated heterocycles. The van der Waals surface area contributed by atoms with Crippen LogP contribution in [0.5, 0.6) is 0 Å². The van der Waals surface area contributed by atoms with Crippen LogP contribution in [-0.2, 0) is 14.4 Å². The Morgan fingerprint density at radius 3 is 3.29 bits per heavy atom. The molecule has 0 amide bonds. The second-order valence-corrected chi connectivity index (χ2v) is 5.22. The third-order valence-electron chi connectivity index (χ3n) is 4.32. The third kappa shape index (κ3) is 1.17. The van der Waals surface area contributed by atoms with Crippen molar-refractivity contribution >= 4 is 5.97 Å². The Morgan fingerprint density at radius 2 is 2.35 bits per heavy atom. The number of hydrogen-bond acceptors (Lipinski definition) is 4. The molecule has 0 radical (unpaired) electrons. The van der Waals surface area contributed by atoms with Gasteiger partial charge in [0.25, 0.3) is 0 Å². The monoisotopic (exact) mass is 233 g/mol. The molecular weight excluding hydrogens is 218 g/mol. The van der Waals surface area contributed by atoms with Crippen molar-refractivity contribution in [2.24, 2.45) is 0 Å². The lowest BCUT2D eigenvalue weighted by molar-refractivity contribution is -0.273. The summed E-state index contributed by atoms with van der Waals surface area (Å²) in [5, 5.41) is 2.05. The van der Waals surface area contributed by atoms with Crippen LogP contribution in [0.4, 0.5) is 0 Å². The molecule has 0 aromatic carbocycles. The van der Waals surface area contributed by atoms with Gasteiger partial charge in [0.1, 0.15) is 6.10 Å². The van der Waals surface area contributed by atoms with Gasteiger partial charge >= 0.3 is 5.97 Å². The van der Waals surface area contributed by atoms with Crippen LogP contribution in [-0.4, -0.2) is 35.3 Å². The number of carbonyl (C=O) groups is 1.